The van der Waals surface area contributed by atoms with Gasteiger partial charge >= 0.3 is 0 Å². The highest BCUT2D eigenvalue weighted by molar-refractivity contribution is 7.83. The molecule has 6 heteroatoms. The van der Waals surface area contributed by atoms with Gasteiger partial charge in [0.15, 0.2) is 0 Å². The summed E-state index contributed by atoms with van der Waals surface area (Å²) >= 11 is 0. The minimum Gasteiger partial charge on any atom is -0.360 e. The van der Waals surface area contributed by atoms with Crippen LogP contribution in [0.5, 0.6) is 0 Å². The van der Waals surface area contributed by atoms with Crippen LogP contribution in [0.4, 0.5) is 4.39 Å². The van der Waals surface area contributed by atoms with Crippen LogP contribution in [0.1, 0.15) is 24.2 Å². The van der Waals surface area contributed by atoms with Crippen molar-refractivity contribution in [1.82, 2.24) is 14.3 Å². The molecular formula is C22H18FN3OS. The van der Waals surface area contributed by atoms with Crippen molar-refractivity contribution in [2.75, 3.05) is 0 Å². The lowest BCUT2D eigenvalue weighted by atomic mass is 9.99. The second kappa shape index (κ2) is 6.65. The van der Waals surface area contributed by atoms with Crippen LogP contribution in [0.3, 0.4) is 0 Å². The number of H-pyrrole nitrogens is 1. The predicted octanol–water partition coefficient (Wildman–Crippen LogP) is 4.97. The van der Waals surface area contributed by atoms with Gasteiger partial charge in [-0.2, -0.15) is 0 Å². The van der Waals surface area contributed by atoms with Crippen molar-refractivity contribution in [2.45, 2.75) is 24.4 Å². The smallest absolute Gasteiger partial charge is 0.128 e. The van der Waals surface area contributed by atoms with E-state index in [-0.39, 0.29) is 11.9 Å². The minimum absolute atomic E-state index is 0.0143. The Kier molecular flexibility index (Phi) is 4.10. The molecule has 1 aliphatic rings. The van der Waals surface area contributed by atoms with Crippen molar-refractivity contribution in [1.29, 1.82) is 0 Å². The van der Waals surface area contributed by atoms with Gasteiger partial charge in [-0.3, -0.25) is 4.98 Å². The van der Waals surface area contributed by atoms with Crippen LogP contribution in [0, 0.1) is 5.82 Å². The molecule has 2 aromatic carbocycles. The quantitative estimate of drug-likeness (QED) is 0.536. The minimum atomic E-state index is -1.22. The molecule has 0 bridgehead atoms. The largest absolute Gasteiger partial charge is 0.360 e. The molecule has 2 aromatic heterocycles. The molecule has 0 amide bonds. The molecule has 1 aliphatic heterocycles. The van der Waals surface area contributed by atoms with E-state index in [9.17, 15) is 8.60 Å². The van der Waals surface area contributed by atoms with E-state index in [1.54, 1.807) is 12.3 Å². The van der Waals surface area contributed by atoms with Crippen molar-refractivity contribution < 1.29 is 8.60 Å². The second-order valence-electron chi connectivity index (χ2n) is 6.97. The van der Waals surface area contributed by atoms with Crippen LogP contribution in [0.25, 0.3) is 22.0 Å². The number of fused-ring (bicyclic) bond motifs is 2. The third kappa shape index (κ3) is 2.77. The molecule has 0 aliphatic carbocycles. The zero-order valence-corrected chi connectivity index (χ0v) is 16.0. The van der Waals surface area contributed by atoms with E-state index in [1.807, 2.05) is 40.8 Å². The van der Waals surface area contributed by atoms with E-state index in [0.717, 1.165) is 38.2 Å². The van der Waals surface area contributed by atoms with Gasteiger partial charge in [-0.25, -0.2) is 12.9 Å². The van der Waals surface area contributed by atoms with Crippen LogP contribution in [0.2, 0.25) is 0 Å². The summed E-state index contributed by atoms with van der Waals surface area (Å²) in [5, 5.41) is 0.971. The summed E-state index contributed by atoms with van der Waals surface area (Å²) in [6, 6.07) is 16.6. The van der Waals surface area contributed by atoms with E-state index in [4.69, 9.17) is 0 Å². The van der Waals surface area contributed by atoms with Gasteiger partial charge in [0.05, 0.1) is 17.1 Å². The first-order valence-electron chi connectivity index (χ1n) is 9.11. The monoisotopic (exact) mass is 391 g/mol. The highest BCUT2D eigenvalue weighted by Gasteiger charge is 2.34. The number of hydrogen-bond donors (Lipinski definition) is 1. The van der Waals surface area contributed by atoms with Crippen molar-refractivity contribution in [2.24, 2.45) is 0 Å². The van der Waals surface area contributed by atoms with E-state index in [0.29, 0.717) is 6.54 Å². The number of hydrogen-bond acceptors (Lipinski definition) is 2. The zero-order chi connectivity index (χ0) is 19.3. The molecule has 0 saturated heterocycles. The molecule has 28 heavy (non-hydrogen) atoms. The van der Waals surface area contributed by atoms with Gasteiger partial charge in [-0.1, -0.05) is 12.1 Å². The molecule has 2 unspecified atom stereocenters. The highest BCUT2D eigenvalue weighted by atomic mass is 32.2. The topological polar surface area (TPSA) is 49.0 Å². The van der Waals surface area contributed by atoms with Gasteiger partial charge in [-0.15, -0.1) is 0 Å². The Morgan fingerprint density at radius 3 is 2.89 bits per heavy atom. The maximum atomic E-state index is 13.5. The average Bonchev–Trinajstić information content (AvgIpc) is 3.23. The molecular weight excluding hydrogens is 373 g/mol. The summed E-state index contributed by atoms with van der Waals surface area (Å²) in [6.45, 7) is 2.60. The fourth-order valence-electron chi connectivity index (χ4n) is 3.81. The van der Waals surface area contributed by atoms with E-state index >= 15 is 0 Å². The molecule has 2 atom stereocenters. The molecule has 140 valence electrons. The number of rotatable bonds is 3. The number of pyridine rings is 1. The molecule has 0 radical (unpaired) electrons. The van der Waals surface area contributed by atoms with Gasteiger partial charge in [0, 0.05) is 34.9 Å². The van der Waals surface area contributed by atoms with Crippen molar-refractivity contribution in [3.8, 4) is 11.1 Å². The van der Waals surface area contributed by atoms with Crippen LogP contribution in [-0.2, 0) is 17.5 Å². The Labute approximate surface area is 164 Å². The summed E-state index contributed by atoms with van der Waals surface area (Å²) in [7, 11) is -1.22. The lowest BCUT2D eigenvalue weighted by Crippen LogP contribution is -2.22. The maximum absolute atomic E-state index is 13.5. The van der Waals surface area contributed by atoms with Gasteiger partial charge in [-0.05, 0) is 60.5 Å². The summed E-state index contributed by atoms with van der Waals surface area (Å²) in [6.07, 6.45) is 3.65. The fourth-order valence-corrected chi connectivity index (χ4v) is 5.33. The number of benzene rings is 2. The molecule has 0 spiro atoms. The lowest BCUT2D eigenvalue weighted by molar-refractivity contribution is 0.369. The summed E-state index contributed by atoms with van der Waals surface area (Å²) in [5.74, 6) is -0.260. The Bertz CT molecular complexity index is 1210. The maximum Gasteiger partial charge on any atom is 0.128 e. The molecule has 0 fully saturated rings. The van der Waals surface area contributed by atoms with Crippen molar-refractivity contribution >= 4 is 21.9 Å². The third-order valence-electron chi connectivity index (χ3n) is 5.29. The van der Waals surface area contributed by atoms with Crippen molar-refractivity contribution in [3.63, 3.8) is 0 Å². The van der Waals surface area contributed by atoms with Gasteiger partial charge in [0.2, 0.25) is 0 Å². The van der Waals surface area contributed by atoms with Crippen LogP contribution in [-0.4, -0.2) is 18.5 Å². The fraction of sp³-hybridized carbons (Fsp3) is 0.136. The Hall–Kier alpha value is -2.83. The number of nitrogens with one attached hydrogen (secondary N) is 1. The van der Waals surface area contributed by atoms with Gasteiger partial charge in [0.25, 0.3) is 0 Å². The molecule has 0 saturated carbocycles. The van der Waals surface area contributed by atoms with Gasteiger partial charge < -0.3 is 4.98 Å². The molecule has 1 N–H and O–H groups in total. The first-order chi connectivity index (χ1) is 13.6. The Morgan fingerprint density at radius 1 is 1.18 bits per heavy atom. The number of nitrogens with zero attached hydrogens (tertiary/aromatic N) is 2. The molecule has 5 rings (SSSR count). The Balaban J connectivity index is 1.52. The summed E-state index contributed by atoms with van der Waals surface area (Å²) in [4.78, 5) is 8.35. The van der Waals surface area contributed by atoms with E-state index in [1.165, 1.54) is 12.1 Å². The first-order valence-corrected chi connectivity index (χ1v) is 10.2. The highest BCUT2D eigenvalue weighted by Crippen LogP contribution is 2.40. The van der Waals surface area contributed by atoms with Gasteiger partial charge in [0.1, 0.15) is 16.8 Å². The molecule has 3 heterocycles. The number of aromatic amines is 1. The normalized spacial score (nSPS) is 19.2. The zero-order valence-electron chi connectivity index (χ0n) is 15.2. The van der Waals surface area contributed by atoms with Crippen LogP contribution < -0.4 is 0 Å². The summed E-state index contributed by atoms with van der Waals surface area (Å²) in [5.41, 5.74) is 4.76. The second-order valence-corrected chi connectivity index (χ2v) is 8.37. The van der Waals surface area contributed by atoms with Crippen LogP contribution in [0.15, 0.2) is 71.9 Å². The third-order valence-corrected chi connectivity index (χ3v) is 6.91. The SMILES string of the molecule is CC1c2cc(-c3c[nH]c4cc(F)ccc34)ccc2S(=O)N1Cc1ccccn1. The number of aromatic nitrogens is 2. The van der Waals surface area contributed by atoms with E-state index in [2.05, 4.69) is 23.0 Å². The molecule has 4 nitrogen and oxygen atoms in total. The first kappa shape index (κ1) is 17.3. The average molecular weight is 391 g/mol. The molecule has 4 aromatic rings. The van der Waals surface area contributed by atoms with E-state index < -0.39 is 11.0 Å². The Morgan fingerprint density at radius 2 is 2.07 bits per heavy atom. The van der Waals surface area contributed by atoms with Crippen molar-refractivity contribution in [3.05, 3.63) is 84.1 Å². The predicted molar refractivity (Wildman–Crippen MR) is 108 cm³/mol. The lowest BCUT2D eigenvalue weighted by Gasteiger charge is -2.19. The number of halogens is 1. The standard InChI is InChI=1S/C22H18FN3OS/c1-14-19-10-15(20-12-25-21-11-16(23)6-7-18(20)21)5-8-22(19)28(27)26(14)13-17-4-2-3-9-24-17/h2-12,14,25H,13H2,1H3. The summed E-state index contributed by atoms with van der Waals surface area (Å²) < 4.78 is 28.5. The van der Waals surface area contributed by atoms with Crippen LogP contribution >= 0.6 is 0 Å².